The number of piperidine rings is 1. The van der Waals surface area contributed by atoms with Crippen LogP contribution in [-0.4, -0.2) is 105 Å². The van der Waals surface area contributed by atoms with Crippen molar-refractivity contribution >= 4 is 34.9 Å². The van der Waals surface area contributed by atoms with Crippen LogP contribution in [0, 0.1) is 11.6 Å². The number of carbonyl (C=O) groups is 3. The molecule has 2 aromatic carbocycles. The molecule has 0 spiro atoms. The number of carbonyl (C=O) groups excluding carboxylic acids is 3. The number of pyridine rings is 1. The molecule has 14 nitrogen and oxygen atoms in total. The third kappa shape index (κ3) is 6.19. The summed E-state index contributed by atoms with van der Waals surface area (Å²) < 4.78 is 35.5. The number of phenols is 1. The Morgan fingerprint density at radius 3 is 2.61 bits per heavy atom. The van der Waals surface area contributed by atoms with Crippen LogP contribution in [0.25, 0.3) is 11.3 Å². The summed E-state index contributed by atoms with van der Waals surface area (Å²) in [4.78, 5) is 49.8. The molecule has 4 aromatic rings. The number of imide groups is 1. The molecule has 3 amide bonds. The third-order valence-electron chi connectivity index (χ3n) is 11.0. The van der Waals surface area contributed by atoms with E-state index in [1.807, 2.05) is 18.2 Å². The summed E-state index contributed by atoms with van der Waals surface area (Å²) in [5.74, 6) is -2.17. The Bertz CT molecular complexity index is 2180. The zero-order valence-electron chi connectivity index (χ0n) is 29.2. The maximum absolute atomic E-state index is 15.4. The first kappa shape index (κ1) is 33.9. The molecule has 2 aromatic heterocycles. The van der Waals surface area contributed by atoms with E-state index in [-0.39, 0.29) is 41.8 Å². The van der Waals surface area contributed by atoms with Crippen LogP contribution in [0.4, 0.5) is 26.0 Å². The van der Waals surface area contributed by atoms with Crippen molar-refractivity contribution in [1.29, 1.82) is 0 Å². The quantitative estimate of drug-likeness (QED) is 0.239. The number of nitrogens with one attached hydrogen (secondary N) is 2. The summed E-state index contributed by atoms with van der Waals surface area (Å²) in [6, 6.07) is 12.7. The van der Waals surface area contributed by atoms with Gasteiger partial charge in [-0.1, -0.05) is 12.1 Å². The maximum atomic E-state index is 15.4. The lowest BCUT2D eigenvalue weighted by atomic mass is 10.0. The van der Waals surface area contributed by atoms with E-state index >= 15 is 4.39 Å². The lowest BCUT2D eigenvalue weighted by Gasteiger charge is -2.36. The van der Waals surface area contributed by atoms with Gasteiger partial charge in [-0.05, 0) is 53.9 Å². The molecular formula is C38H37F2N9O5. The summed E-state index contributed by atoms with van der Waals surface area (Å²) >= 11 is 0. The number of hydrogen-bond acceptors (Lipinski definition) is 12. The molecule has 278 valence electrons. The summed E-state index contributed by atoms with van der Waals surface area (Å²) in [6.07, 6.45) is 2.48. The molecule has 0 bridgehead atoms. The first-order valence-electron chi connectivity index (χ1n) is 18.1. The number of anilines is 3. The summed E-state index contributed by atoms with van der Waals surface area (Å²) in [6.45, 7) is 4.82. The first-order chi connectivity index (χ1) is 26.2. The van der Waals surface area contributed by atoms with Crippen LogP contribution in [-0.2, 0) is 22.7 Å². The van der Waals surface area contributed by atoms with Crippen molar-refractivity contribution < 1.29 is 33.0 Å². The zero-order chi connectivity index (χ0) is 37.1. The molecule has 5 aliphatic rings. The number of para-hydroxylation sites is 1. The molecule has 9 rings (SSSR count). The van der Waals surface area contributed by atoms with Crippen molar-refractivity contribution in [1.82, 2.24) is 30.3 Å². The van der Waals surface area contributed by atoms with E-state index < -0.39 is 29.3 Å². The SMILES string of the molecule is O=C1CCC(N2Cc3ccc(N4CCN(Cc5cnc(OC6CC7CNc8nnc(-c9cccc(F)c9O)cc8N7C6)c(F)c5)CC4)cc3C2=O)C(=O)N1. The van der Waals surface area contributed by atoms with E-state index in [2.05, 4.69) is 40.5 Å². The third-order valence-corrected chi connectivity index (χ3v) is 11.0. The second kappa shape index (κ2) is 13.5. The smallest absolute Gasteiger partial charge is 0.255 e. The van der Waals surface area contributed by atoms with Gasteiger partial charge in [0.1, 0.15) is 12.1 Å². The van der Waals surface area contributed by atoms with Crippen LogP contribution in [0.5, 0.6) is 11.6 Å². The van der Waals surface area contributed by atoms with Crippen molar-refractivity contribution in [2.45, 2.75) is 50.5 Å². The van der Waals surface area contributed by atoms with E-state index in [1.165, 1.54) is 18.2 Å². The van der Waals surface area contributed by atoms with E-state index in [0.717, 1.165) is 48.7 Å². The number of hydrogen-bond donors (Lipinski definition) is 3. The average Bonchev–Trinajstić information content (AvgIpc) is 3.74. The number of halogens is 2. The fourth-order valence-corrected chi connectivity index (χ4v) is 8.20. The molecule has 16 heteroatoms. The highest BCUT2D eigenvalue weighted by Gasteiger charge is 2.40. The normalized spacial score (nSPS) is 22.4. The summed E-state index contributed by atoms with van der Waals surface area (Å²) in [5, 5.41) is 24.3. The number of ether oxygens (including phenoxy) is 1. The number of phenolic OH excluding ortho intramolecular Hbond substituents is 1. The second-order valence-corrected chi connectivity index (χ2v) is 14.4. The fraction of sp³-hybridized carbons (Fsp3) is 0.368. The largest absolute Gasteiger partial charge is 0.504 e. The Morgan fingerprint density at radius 2 is 1.80 bits per heavy atom. The maximum Gasteiger partial charge on any atom is 0.255 e. The van der Waals surface area contributed by atoms with Gasteiger partial charge in [-0.25, -0.2) is 13.8 Å². The second-order valence-electron chi connectivity index (χ2n) is 14.4. The highest BCUT2D eigenvalue weighted by Crippen LogP contribution is 2.39. The van der Waals surface area contributed by atoms with Gasteiger partial charge in [0.25, 0.3) is 11.8 Å². The standard InChI is InChI=1S/C38H37F2N9O5/c39-28-3-1-2-26(34(28)51)30-15-32-35(45-44-30)41-17-24-13-25(20-48(24)32)54-37-29(40)12-21(16-42-37)18-46-8-10-47(11-9-46)23-5-4-22-19-49(38(53)27(22)14-23)31-6-7-33(50)43-36(31)52/h1-5,12,14-16,24-25,31,51H,6-11,13,17-20H2,(H,41,45)(H,43,50,52). The highest BCUT2D eigenvalue weighted by molar-refractivity contribution is 6.05. The zero-order valence-corrected chi connectivity index (χ0v) is 29.2. The molecule has 0 aliphatic carbocycles. The van der Waals surface area contributed by atoms with Gasteiger partial charge in [0.2, 0.25) is 11.8 Å². The number of benzene rings is 2. The van der Waals surface area contributed by atoms with Crippen molar-refractivity contribution in [2.24, 2.45) is 0 Å². The molecule has 54 heavy (non-hydrogen) atoms. The molecule has 3 fully saturated rings. The number of nitrogens with zero attached hydrogens (tertiary/aromatic N) is 7. The predicted molar refractivity (Wildman–Crippen MR) is 192 cm³/mol. The van der Waals surface area contributed by atoms with E-state index in [4.69, 9.17) is 4.74 Å². The topological polar surface area (TPSA) is 156 Å². The minimum absolute atomic E-state index is 0.0477. The number of piperazine rings is 1. The first-order valence-corrected chi connectivity index (χ1v) is 18.1. The predicted octanol–water partition coefficient (Wildman–Crippen LogP) is 3.06. The summed E-state index contributed by atoms with van der Waals surface area (Å²) in [7, 11) is 0. The van der Waals surface area contributed by atoms with Crippen molar-refractivity contribution in [3.05, 3.63) is 83.1 Å². The lowest BCUT2D eigenvalue weighted by molar-refractivity contribution is -0.136. The Hall–Kier alpha value is -5.90. The molecule has 3 N–H and O–H groups in total. The van der Waals surface area contributed by atoms with Gasteiger partial charge in [-0.2, -0.15) is 0 Å². The van der Waals surface area contributed by atoms with Crippen molar-refractivity contribution in [3.63, 3.8) is 0 Å². The van der Waals surface area contributed by atoms with E-state index in [1.54, 1.807) is 23.2 Å². The van der Waals surface area contributed by atoms with Gasteiger partial charge in [0.05, 0.1) is 24.0 Å². The Balaban J connectivity index is 0.797. The van der Waals surface area contributed by atoms with Gasteiger partial charge in [-0.15, -0.1) is 10.2 Å². The molecule has 0 radical (unpaired) electrons. The number of aromatic hydroxyl groups is 1. The van der Waals surface area contributed by atoms with Crippen LogP contribution in [0.2, 0.25) is 0 Å². The Kier molecular flexibility index (Phi) is 8.48. The highest BCUT2D eigenvalue weighted by atomic mass is 19.1. The monoisotopic (exact) mass is 737 g/mol. The molecule has 0 saturated carbocycles. The number of amides is 3. The lowest BCUT2D eigenvalue weighted by Crippen LogP contribution is -2.52. The van der Waals surface area contributed by atoms with Crippen LogP contribution in [0.1, 0.15) is 40.7 Å². The Morgan fingerprint density at radius 1 is 0.944 bits per heavy atom. The minimum Gasteiger partial charge on any atom is -0.504 e. The van der Waals surface area contributed by atoms with Crippen LogP contribution in [0.3, 0.4) is 0 Å². The molecule has 5 aliphatic heterocycles. The number of rotatable bonds is 7. The summed E-state index contributed by atoms with van der Waals surface area (Å²) in [5.41, 5.74) is 4.45. The Labute approximate surface area is 308 Å². The van der Waals surface area contributed by atoms with Gasteiger partial charge >= 0.3 is 0 Å². The minimum atomic E-state index is -0.741. The van der Waals surface area contributed by atoms with Crippen molar-refractivity contribution in [2.75, 3.05) is 54.4 Å². The van der Waals surface area contributed by atoms with Gasteiger partial charge in [-0.3, -0.25) is 24.6 Å². The molecule has 3 atom stereocenters. The molecule has 3 unspecified atom stereocenters. The van der Waals surface area contributed by atoms with Gasteiger partial charge in [0.15, 0.2) is 23.2 Å². The molecule has 7 heterocycles. The van der Waals surface area contributed by atoms with Crippen molar-refractivity contribution in [3.8, 4) is 22.9 Å². The van der Waals surface area contributed by atoms with Gasteiger partial charge < -0.3 is 29.9 Å². The van der Waals surface area contributed by atoms with Crippen LogP contribution < -0.4 is 25.2 Å². The molecule has 3 saturated heterocycles. The fourth-order valence-electron chi connectivity index (χ4n) is 8.20. The average molecular weight is 738 g/mol. The van der Waals surface area contributed by atoms with Gasteiger partial charge in [0, 0.05) is 81.7 Å². The van der Waals surface area contributed by atoms with E-state index in [9.17, 15) is 23.9 Å². The molecular weight excluding hydrogens is 700 g/mol. The number of aromatic nitrogens is 3. The van der Waals surface area contributed by atoms with Crippen LogP contribution >= 0.6 is 0 Å². The van der Waals surface area contributed by atoms with E-state index in [0.29, 0.717) is 56.1 Å². The number of fused-ring (bicyclic) bond motifs is 4. The van der Waals surface area contributed by atoms with Crippen LogP contribution in [0.15, 0.2) is 54.7 Å².